The van der Waals surface area contributed by atoms with Crippen LogP contribution in [0.4, 0.5) is 0 Å². The number of methoxy groups -OCH3 is 3. The fourth-order valence-electron chi connectivity index (χ4n) is 2.31. The summed E-state index contributed by atoms with van der Waals surface area (Å²) in [6, 6.07) is 1.86. The van der Waals surface area contributed by atoms with Crippen LogP contribution in [0.15, 0.2) is 6.07 Å². The van der Waals surface area contributed by atoms with Crippen LogP contribution in [0.5, 0.6) is 17.2 Å². The predicted molar refractivity (Wildman–Crippen MR) is 63.3 cm³/mol. The first kappa shape index (κ1) is 11.8. The van der Waals surface area contributed by atoms with Gasteiger partial charge in [0, 0.05) is 5.92 Å². The number of benzene rings is 1. The highest BCUT2D eigenvalue weighted by Crippen LogP contribution is 2.45. The molecule has 92 valence electrons. The second-order valence-corrected chi connectivity index (χ2v) is 4.15. The topological polar surface area (TPSA) is 44.8 Å². The Morgan fingerprint density at radius 2 is 1.76 bits per heavy atom. The molecule has 0 aliphatic heterocycles. The SMILES string of the molecule is COc1cc2c(c(OC)c1OC)C(=O)[C@@H](C)C2. The van der Waals surface area contributed by atoms with Crippen LogP contribution in [0.3, 0.4) is 0 Å². The highest BCUT2D eigenvalue weighted by Gasteiger charge is 2.33. The summed E-state index contributed by atoms with van der Waals surface area (Å²) in [7, 11) is 4.65. The summed E-state index contributed by atoms with van der Waals surface area (Å²) in [5.74, 6) is 1.67. The van der Waals surface area contributed by atoms with Crippen molar-refractivity contribution in [3.05, 3.63) is 17.2 Å². The van der Waals surface area contributed by atoms with Gasteiger partial charge in [0.2, 0.25) is 5.75 Å². The highest BCUT2D eigenvalue weighted by atomic mass is 16.5. The van der Waals surface area contributed by atoms with E-state index in [0.717, 1.165) is 12.0 Å². The van der Waals surface area contributed by atoms with Crippen molar-refractivity contribution in [2.24, 2.45) is 5.92 Å². The summed E-state index contributed by atoms with van der Waals surface area (Å²) in [5.41, 5.74) is 1.61. The number of ether oxygens (including phenoxy) is 3. The van der Waals surface area contributed by atoms with Gasteiger partial charge in [0.05, 0.1) is 26.9 Å². The van der Waals surface area contributed by atoms with Gasteiger partial charge in [0.25, 0.3) is 0 Å². The monoisotopic (exact) mass is 236 g/mol. The van der Waals surface area contributed by atoms with Gasteiger partial charge in [-0.1, -0.05) is 6.92 Å². The van der Waals surface area contributed by atoms with Gasteiger partial charge in [0.15, 0.2) is 17.3 Å². The lowest BCUT2D eigenvalue weighted by Crippen LogP contribution is -2.06. The minimum Gasteiger partial charge on any atom is -0.493 e. The number of fused-ring (bicyclic) bond motifs is 1. The second-order valence-electron chi connectivity index (χ2n) is 4.15. The number of rotatable bonds is 3. The van der Waals surface area contributed by atoms with Crippen molar-refractivity contribution in [2.45, 2.75) is 13.3 Å². The molecule has 4 nitrogen and oxygen atoms in total. The third-order valence-corrected chi connectivity index (χ3v) is 3.13. The smallest absolute Gasteiger partial charge is 0.204 e. The number of hydrogen-bond acceptors (Lipinski definition) is 4. The molecule has 0 saturated carbocycles. The second kappa shape index (κ2) is 4.28. The molecule has 0 amide bonds. The maximum atomic E-state index is 12.1. The van der Waals surface area contributed by atoms with E-state index in [2.05, 4.69) is 0 Å². The highest BCUT2D eigenvalue weighted by molar-refractivity contribution is 6.05. The summed E-state index contributed by atoms with van der Waals surface area (Å²) < 4.78 is 15.8. The first-order valence-corrected chi connectivity index (χ1v) is 5.50. The van der Waals surface area contributed by atoms with E-state index in [-0.39, 0.29) is 11.7 Å². The van der Waals surface area contributed by atoms with Crippen LogP contribution in [-0.4, -0.2) is 27.1 Å². The van der Waals surface area contributed by atoms with Gasteiger partial charge in [-0.25, -0.2) is 0 Å². The quantitative estimate of drug-likeness (QED) is 0.806. The molecule has 1 aliphatic rings. The van der Waals surface area contributed by atoms with E-state index < -0.39 is 0 Å². The molecule has 0 radical (unpaired) electrons. The Bertz CT molecular complexity index is 465. The maximum Gasteiger partial charge on any atom is 0.204 e. The molecule has 2 rings (SSSR count). The van der Waals surface area contributed by atoms with Crippen LogP contribution in [0.25, 0.3) is 0 Å². The third kappa shape index (κ3) is 1.64. The Labute approximate surface area is 100 Å². The van der Waals surface area contributed by atoms with E-state index in [0.29, 0.717) is 22.8 Å². The van der Waals surface area contributed by atoms with E-state index in [1.807, 2.05) is 13.0 Å². The summed E-state index contributed by atoms with van der Waals surface area (Å²) in [4.78, 5) is 12.1. The predicted octanol–water partition coefficient (Wildman–Crippen LogP) is 2.09. The van der Waals surface area contributed by atoms with Gasteiger partial charge in [-0.15, -0.1) is 0 Å². The Morgan fingerprint density at radius 3 is 2.29 bits per heavy atom. The molecule has 0 saturated heterocycles. The van der Waals surface area contributed by atoms with Gasteiger partial charge in [-0.2, -0.15) is 0 Å². The fourth-order valence-corrected chi connectivity index (χ4v) is 2.31. The lowest BCUT2D eigenvalue weighted by molar-refractivity contribution is 0.0943. The molecular formula is C13H16O4. The van der Waals surface area contributed by atoms with Gasteiger partial charge in [-0.3, -0.25) is 4.79 Å². The molecule has 1 aromatic rings. The minimum atomic E-state index is -0.00397. The minimum absolute atomic E-state index is 0.00397. The molecule has 17 heavy (non-hydrogen) atoms. The van der Waals surface area contributed by atoms with Crippen LogP contribution in [0, 0.1) is 5.92 Å². The first-order valence-electron chi connectivity index (χ1n) is 5.50. The van der Waals surface area contributed by atoms with Crippen molar-refractivity contribution in [1.29, 1.82) is 0 Å². The van der Waals surface area contributed by atoms with E-state index in [1.165, 1.54) is 14.2 Å². The molecular weight excluding hydrogens is 220 g/mol. The van der Waals surface area contributed by atoms with Crippen LogP contribution in [-0.2, 0) is 6.42 Å². The van der Waals surface area contributed by atoms with Crippen LogP contribution < -0.4 is 14.2 Å². The molecule has 1 aliphatic carbocycles. The molecule has 0 bridgehead atoms. The molecule has 0 N–H and O–H groups in total. The molecule has 1 atom stereocenters. The standard InChI is InChI=1S/C13H16O4/c1-7-5-8-6-9(15-2)12(16-3)13(17-4)10(8)11(7)14/h6-7H,5H2,1-4H3/t7-/m0/s1. The molecule has 0 heterocycles. The molecule has 0 fully saturated rings. The normalized spacial score (nSPS) is 17.9. The first-order chi connectivity index (χ1) is 8.13. The van der Waals surface area contributed by atoms with Crippen molar-refractivity contribution >= 4 is 5.78 Å². The van der Waals surface area contributed by atoms with Gasteiger partial charge >= 0.3 is 0 Å². The molecule has 0 aromatic heterocycles. The number of Topliss-reactive ketones (excluding diaryl/α,β-unsaturated/α-hetero) is 1. The Hall–Kier alpha value is -1.71. The Morgan fingerprint density at radius 1 is 1.12 bits per heavy atom. The molecule has 4 heteroatoms. The lowest BCUT2D eigenvalue weighted by Gasteiger charge is -2.15. The van der Waals surface area contributed by atoms with Crippen molar-refractivity contribution < 1.29 is 19.0 Å². The Balaban J connectivity index is 2.69. The molecule has 0 spiro atoms. The van der Waals surface area contributed by atoms with Crippen molar-refractivity contribution in [3.8, 4) is 17.2 Å². The third-order valence-electron chi connectivity index (χ3n) is 3.13. The van der Waals surface area contributed by atoms with Gasteiger partial charge in [-0.05, 0) is 18.1 Å². The zero-order valence-electron chi connectivity index (χ0n) is 10.5. The van der Waals surface area contributed by atoms with Crippen molar-refractivity contribution in [2.75, 3.05) is 21.3 Å². The maximum absolute atomic E-state index is 12.1. The summed E-state index contributed by atoms with van der Waals surface area (Å²) in [6.45, 7) is 1.92. The average molecular weight is 236 g/mol. The molecule has 1 aromatic carbocycles. The number of carbonyl (C=O) groups excluding carboxylic acids is 1. The van der Waals surface area contributed by atoms with Gasteiger partial charge in [0.1, 0.15) is 0 Å². The number of carbonyl (C=O) groups is 1. The summed E-state index contributed by atoms with van der Waals surface area (Å²) in [5, 5.41) is 0. The van der Waals surface area contributed by atoms with Crippen molar-refractivity contribution in [3.63, 3.8) is 0 Å². The number of hydrogen-bond donors (Lipinski definition) is 0. The summed E-state index contributed by atoms with van der Waals surface area (Å²) >= 11 is 0. The van der Waals surface area contributed by atoms with E-state index in [4.69, 9.17) is 14.2 Å². The summed E-state index contributed by atoms with van der Waals surface area (Å²) in [6.07, 6.45) is 0.727. The van der Waals surface area contributed by atoms with Crippen molar-refractivity contribution in [1.82, 2.24) is 0 Å². The Kier molecular flexibility index (Phi) is 2.96. The van der Waals surface area contributed by atoms with E-state index in [1.54, 1.807) is 7.11 Å². The zero-order valence-corrected chi connectivity index (χ0v) is 10.5. The zero-order chi connectivity index (χ0) is 12.6. The molecule has 0 unspecified atom stereocenters. The van der Waals surface area contributed by atoms with Crippen LogP contribution in [0.1, 0.15) is 22.8 Å². The van der Waals surface area contributed by atoms with Gasteiger partial charge < -0.3 is 14.2 Å². The van der Waals surface area contributed by atoms with Crippen LogP contribution in [0.2, 0.25) is 0 Å². The largest absolute Gasteiger partial charge is 0.493 e. The number of ketones is 1. The van der Waals surface area contributed by atoms with E-state index >= 15 is 0 Å². The lowest BCUT2D eigenvalue weighted by atomic mass is 10.1. The fraction of sp³-hybridized carbons (Fsp3) is 0.462. The van der Waals surface area contributed by atoms with E-state index in [9.17, 15) is 4.79 Å². The average Bonchev–Trinajstić information content (AvgIpc) is 2.62. The van der Waals surface area contributed by atoms with Crippen LogP contribution >= 0.6 is 0 Å².